The van der Waals surface area contributed by atoms with E-state index >= 15 is 0 Å². The normalized spacial score (nSPS) is 10.0. The minimum Gasteiger partial charge on any atom is -0.482 e. The van der Waals surface area contributed by atoms with Crippen LogP contribution >= 0.6 is 23.2 Å². The van der Waals surface area contributed by atoms with Gasteiger partial charge in [-0.15, -0.1) is 0 Å². The van der Waals surface area contributed by atoms with Crippen LogP contribution in [0.3, 0.4) is 0 Å². The Labute approximate surface area is 131 Å². The Bertz CT molecular complexity index is 633. The summed E-state index contributed by atoms with van der Waals surface area (Å²) in [6, 6.07) is 8.11. The lowest BCUT2D eigenvalue weighted by molar-refractivity contribution is -0.118. The number of hydrogen-bond donors (Lipinski definition) is 1. The number of pyridine rings is 1. The molecule has 0 fully saturated rings. The molecule has 1 heterocycles. The van der Waals surface area contributed by atoms with Gasteiger partial charge in [0.15, 0.2) is 6.61 Å². The number of benzene rings is 1. The van der Waals surface area contributed by atoms with Crippen LogP contribution in [0.15, 0.2) is 36.5 Å². The Morgan fingerprint density at radius 3 is 2.76 bits per heavy atom. The molecule has 0 bridgehead atoms. The van der Waals surface area contributed by atoms with E-state index < -0.39 is 0 Å². The van der Waals surface area contributed by atoms with Crippen LogP contribution in [-0.4, -0.2) is 24.6 Å². The number of ether oxygens (including phenoxy) is 2. The fourth-order valence-electron chi connectivity index (χ4n) is 1.50. The SMILES string of the molecule is COc1ccc(NC(=O)COc2cc(Cl)ccc2Cl)cn1. The van der Waals surface area contributed by atoms with Crippen LogP contribution in [0, 0.1) is 0 Å². The first-order valence-corrected chi connectivity index (χ1v) is 6.72. The van der Waals surface area contributed by atoms with Gasteiger partial charge in [-0.1, -0.05) is 23.2 Å². The van der Waals surface area contributed by atoms with Crippen molar-refractivity contribution >= 4 is 34.8 Å². The molecule has 2 aromatic rings. The number of nitrogens with zero attached hydrogens (tertiary/aromatic N) is 1. The van der Waals surface area contributed by atoms with E-state index in [2.05, 4.69) is 10.3 Å². The van der Waals surface area contributed by atoms with E-state index in [-0.39, 0.29) is 12.5 Å². The number of amides is 1. The lowest BCUT2D eigenvalue weighted by Crippen LogP contribution is -2.20. The summed E-state index contributed by atoms with van der Waals surface area (Å²) in [5.41, 5.74) is 0.543. The summed E-state index contributed by atoms with van der Waals surface area (Å²) in [6.45, 7) is -0.188. The first-order chi connectivity index (χ1) is 10.1. The number of carbonyl (C=O) groups is 1. The van der Waals surface area contributed by atoms with Gasteiger partial charge in [-0.25, -0.2) is 4.98 Å². The van der Waals surface area contributed by atoms with E-state index in [1.165, 1.54) is 13.3 Å². The van der Waals surface area contributed by atoms with Crippen molar-refractivity contribution in [3.05, 3.63) is 46.6 Å². The van der Waals surface area contributed by atoms with E-state index in [1.54, 1.807) is 30.3 Å². The third kappa shape index (κ3) is 4.51. The quantitative estimate of drug-likeness (QED) is 0.914. The molecule has 5 nitrogen and oxygen atoms in total. The van der Waals surface area contributed by atoms with Crippen molar-refractivity contribution in [2.75, 3.05) is 19.0 Å². The summed E-state index contributed by atoms with van der Waals surface area (Å²) in [6.07, 6.45) is 1.49. The van der Waals surface area contributed by atoms with Crippen molar-refractivity contribution in [2.24, 2.45) is 0 Å². The van der Waals surface area contributed by atoms with Gasteiger partial charge >= 0.3 is 0 Å². The van der Waals surface area contributed by atoms with Crippen LogP contribution in [0.25, 0.3) is 0 Å². The minimum atomic E-state index is -0.335. The number of halogens is 2. The van der Waals surface area contributed by atoms with Gasteiger partial charge < -0.3 is 14.8 Å². The van der Waals surface area contributed by atoms with Crippen LogP contribution in [0.2, 0.25) is 10.0 Å². The molecule has 1 aromatic carbocycles. The van der Waals surface area contributed by atoms with E-state index in [9.17, 15) is 4.79 Å². The predicted octanol–water partition coefficient (Wildman–Crippen LogP) is 3.41. The molecule has 0 saturated carbocycles. The summed E-state index contributed by atoms with van der Waals surface area (Å²) in [4.78, 5) is 15.7. The lowest BCUT2D eigenvalue weighted by atomic mass is 10.3. The molecule has 7 heteroatoms. The standard InChI is InChI=1S/C14H12Cl2N2O3/c1-20-14-5-3-10(7-17-14)18-13(19)8-21-12-6-9(15)2-4-11(12)16/h2-7H,8H2,1H3,(H,18,19). The van der Waals surface area contributed by atoms with Gasteiger partial charge in [0.05, 0.1) is 24.0 Å². The molecular formula is C14H12Cl2N2O3. The first kappa shape index (κ1) is 15.4. The van der Waals surface area contributed by atoms with Crippen molar-refractivity contribution < 1.29 is 14.3 Å². The third-order valence-electron chi connectivity index (χ3n) is 2.48. The zero-order chi connectivity index (χ0) is 15.2. The zero-order valence-corrected chi connectivity index (χ0v) is 12.6. The summed E-state index contributed by atoms with van der Waals surface area (Å²) >= 11 is 11.8. The largest absolute Gasteiger partial charge is 0.482 e. The molecule has 2 rings (SSSR count). The number of nitrogens with one attached hydrogen (secondary N) is 1. The number of hydrogen-bond acceptors (Lipinski definition) is 4. The van der Waals surface area contributed by atoms with E-state index in [1.807, 2.05) is 0 Å². The molecule has 1 amide bonds. The number of carbonyl (C=O) groups excluding carboxylic acids is 1. The summed E-state index contributed by atoms with van der Waals surface area (Å²) < 4.78 is 10.3. The average molecular weight is 327 g/mol. The van der Waals surface area contributed by atoms with Gasteiger partial charge in [0.25, 0.3) is 5.91 Å². The first-order valence-electron chi connectivity index (χ1n) is 5.96. The second kappa shape index (κ2) is 7.15. The van der Waals surface area contributed by atoms with Gasteiger partial charge in [0, 0.05) is 17.2 Å². The zero-order valence-electron chi connectivity index (χ0n) is 11.1. The van der Waals surface area contributed by atoms with E-state index in [0.29, 0.717) is 27.4 Å². The second-order valence-electron chi connectivity index (χ2n) is 4.00. The lowest BCUT2D eigenvalue weighted by Gasteiger charge is -2.09. The van der Waals surface area contributed by atoms with Crippen LogP contribution < -0.4 is 14.8 Å². The molecule has 110 valence electrons. The summed E-state index contributed by atoms with van der Waals surface area (Å²) in [5, 5.41) is 3.51. The Hall–Kier alpha value is -1.98. The predicted molar refractivity (Wildman–Crippen MR) is 81.4 cm³/mol. The second-order valence-corrected chi connectivity index (χ2v) is 4.84. The fraction of sp³-hybridized carbons (Fsp3) is 0.143. The van der Waals surface area contributed by atoms with E-state index in [0.717, 1.165) is 0 Å². The van der Waals surface area contributed by atoms with Crippen molar-refractivity contribution in [1.29, 1.82) is 0 Å². The molecule has 0 atom stereocenters. The summed E-state index contributed by atoms with van der Waals surface area (Å²) in [7, 11) is 1.52. The number of methoxy groups -OCH3 is 1. The maximum Gasteiger partial charge on any atom is 0.262 e. The minimum absolute atomic E-state index is 0.188. The molecular weight excluding hydrogens is 315 g/mol. The van der Waals surface area contributed by atoms with Gasteiger partial charge in [-0.2, -0.15) is 0 Å². The highest BCUT2D eigenvalue weighted by Gasteiger charge is 2.07. The van der Waals surface area contributed by atoms with Crippen LogP contribution in [0.1, 0.15) is 0 Å². The van der Waals surface area contributed by atoms with Crippen molar-refractivity contribution in [3.63, 3.8) is 0 Å². The number of rotatable bonds is 5. The van der Waals surface area contributed by atoms with Gasteiger partial charge in [-0.05, 0) is 18.2 Å². The Morgan fingerprint density at radius 1 is 1.29 bits per heavy atom. The molecule has 0 spiro atoms. The molecule has 0 aliphatic carbocycles. The molecule has 0 unspecified atom stereocenters. The number of anilines is 1. The smallest absolute Gasteiger partial charge is 0.262 e. The highest BCUT2D eigenvalue weighted by Crippen LogP contribution is 2.27. The Balaban J connectivity index is 1.91. The van der Waals surface area contributed by atoms with Crippen molar-refractivity contribution in [2.45, 2.75) is 0 Å². The topological polar surface area (TPSA) is 60.5 Å². The van der Waals surface area contributed by atoms with Crippen LogP contribution in [-0.2, 0) is 4.79 Å². The molecule has 0 aliphatic rings. The van der Waals surface area contributed by atoms with Gasteiger partial charge in [0.1, 0.15) is 5.75 Å². The van der Waals surface area contributed by atoms with Crippen LogP contribution in [0.4, 0.5) is 5.69 Å². The Morgan fingerprint density at radius 2 is 2.10 bits per heavy atom. The fourth-order valence-corrected chi connectivity index (χ4v) is 1.84. The average Bonchev–Trinajstić information content (AvgIpc) is 2.49. The molecule has 1 aromatic heterocycles. The highest BCUT2D eigenvalue weighted by molar-refractivity contribution is 6.34. The monoisotopic (exact) mass is 326 g/mol. The molecule has 0 saturated heterocycles. The molecule has 21 heavy (non-hydrogen) atoms. The maximum absolute atomic E-state index is 11.8. The highest BCUT2D eigenvalue weighted by atomic mass is 35.5. The molecule has 0 aliphatic heterocycles. The van der Waals surface area contributed by atoms with E-state index in [4.69, 9.17) is 32.7 Å². The maximum atomic E-state index is 11.8. The van der Waals surface area contributed by atoms with Crippen LogP contribution in [0.5, 0.6) is 11.6 Å². The van der Waals surface area contributed by atoms with Gasteiger partial charge in [-0.3, -0.25) is 4.79 Å². The molecule has 0 radical (unpaired) electrons. The Kier molecular flexibility index (Phi) is 5.25. The number of aromatic nitrogens is 1. The third-order valence-corrected chi connectivity index (χ3v) is 3.03. The summed E-state index contributed by atoms with van der Waals surface area (Å²) in [5.74, 6) is 0.486. The van der Waals surface area contributed by atoms with Gasteiger partial charge in [0.2, 0.25) is 5.88 Å². The van der Waals surface area contributed by atoms with Crippen molar-refractivity contribution in [1.82, 2.24) is 4.98 Å². The van der Waals surface area contributed by atoms with Crippen molar-refractivity contribution in [3.8, 4) is 11.6 Å². The molecule has 1 N–H and O–H groups in total.